The van der Waals surface area contributed by atoms with Crippen molar-refractivity contribution in [1.29, 1.82) is 0 Å². The molecule has 0 aliphatic heterocycles. The Morgan fingerprint density at radius 3 is 2.32 bits per heavy atom. The number of allylic oxidation sites excluding steroid dienone is 2. The summed E-state index contributed by atoms with van der Waals surface area (Å²) in [5.41, 5.74) is 7.85. The van der Waals surface area contributed by atoms with Crippen molar-refractivity contribution in [1.82, 2.24) is 0 Å². The number of sulfone groups is 1. The van der Waals surface area contributed by atoms with Gasteiger partial charge >= 0.3 is 0 Å². The summed E-state index contributed by atoms with van der Waals surface area (Å²) in [4.78, 5) is 12.1. The zero-order valence-corrected chi connectivity index (χ0v) is 14.3. The lowest BCUT2D eigenvalue weighted by Gasteiger charge is -2.16. The molecular weight excluding hydrogens is 322 g/mol. The van der Waals surface area contributed by atoms with E-state index in [4.69, 9.17) is 17.3 Å². The number of carbonyl (C=O) groups is 1. The summed E-state index contributed by atoms with van der Waals surface area (Å²) in [5.74, 6) is 0.0832. The fraction of sp³-hybridized carbons (Fsp3) is 0.438. The first-order valence-corrected chi connectivity index (χ1v) is 9.49. The van der Waals surface area contributed by atoms with Gasteiger partial charge in [-0.05, 0) is 43.4 Å². The zero-order valence-electron chi connectivity index (χ0n) is 12.7. The van der Waals surface area contributed by atoms with Crippen LogP contribution in [0, 0.1) is 5.92 Å². The largest absolute Gasteiger partial charge is 0.401 e. The summed E-state index contributed by atoms with van der Waals surface area (Å²) in [6.07, 6.45) is 5.30. The van der Waals surface area contributed by atoms with Gasteiger partial charge in [0, 0.05) is 17.5 Å². The second-order valence-corrected chi connectivity index (χ2v) is 8.18. The Morgan fingerprint density at radius 1 is 1.27 bits per heavy atom. The van der Waals surface area contributed by atoms with E-state index in [-0.39, 0.29) is 21.6 Å². The molecule has 2 rings (SSSR count). The molecule has 0 saturated heterocycles. The predicted octanol–water partition coefficient (Wildman–Crippen LogP) is 3.19. The van der Waals surface area contributed by atoms with E-state index >= 15 is 0 Å². The fourth-order valence-corrected chi connectivity index (χ4v) is 4.30. The number of rotatable bonds is 4. The van der Waals surface area contributed by atoms with Crippen LogP contribution in [0.4, 0.5) is 0 Å². The molecule has 1 fully saturated rings. The van der Waals surface area contributed by atoms with Crippen molar-refractivity contribution in [2.75, 3.05) is 6.26 Å². The minimum Gasteiger partial charge on any atom is -0.401 e. The molecule has 1 aromatic rings. The van der Waals surface area contributed by atoms with E-state index < -0.39 is 9.84 Å². The molecule has 0 bridgehead atoms. The summed E-state index contributed by atoms with van der Waals surface area (Å²) in [6.45, 7) is 1.47. The van der Waals surface area contributed by atoms with Crippen molar-refractivity contribution < 1.29 is 13.2 Å². The summed E-state index contributed by atoms with van der Waals surface area (Å²) in [6, 6.07) is 4.54. The topological polar surface area (TPSA) is 77.2 Å². The van der Waals surface area contributed by atoms with Crippen molar-refractivity contribution in [3.05, 3.63) is 34.5 Å². The van der Waals surface area contributed by atoms with E-state index in [0.717, 1.165) is 31.9 Å². The number of halogens is 1. The maximum Gasteiger partial charge on any atom is 0.176 e. The highest BCUT2D eigenvalue weighted by molar-refractivity contribution is 7.90. The minimum absolute atomic E-state index is 0.0558. The Balaban J connectivity index is 2.53. The normalized spacial score (nSPS) is 17.4. The Hall–Kier alpha value is -1.33. The molecule has 0 heterocycles. The Morgan fingerprint density at radius 2 is 1.86 bits per heavy atom. The van der Waals surface area contributed by atoms with Gasteiger partial charge in [0.1, 0.15) is 0 Å². The second kappa shape index (κ2) is 6.42. The highest BCUT2D eigenvalue weighted by Gasteiger charge is 2.24. The van der Waals surface area contributed by atoms with Crippen molar-refractivity contribution in [3.63, 3.8) is 0 Å². The van der Waals surface area contributed by atoms with E-state index in [1.807, 2.05) is 0 Å². The third kappa shape index (κ3) is 3.52. The number of hydrogen-bond donors (Lipinski definition) is 1. The average Bonchev–Trinajstić information content (AvgIpc) is 2.90. The number of ketones is 1. The molecule has 1 aliphatic carbocycles. The van der Waals surface area contributed by atoms with Crippen LogP contribution in [0.5, 0.6) is 0 Å². The van der Waals surface area contributed by atoms with E-state index in [1.54, 1.807) is 6.07 Å². The van der Waals surface area contributed by atoms with Crippen molar-refractivity contribution >= 4 is 32.8 Å². The van der Waals surface area contributed by atoms with Crippen molar-refractivity contribution in [3.8, 4) is 0 Å². The van der Waals surface area contributed by atoms with Gasteiger partial charge in [-0.1, -0.05) is 30.5 Å². The standard InChI is InChI=1S/C16H20ClNO3S/c1-10(19)15(16(18)11-5-3-4-6-11)12-7-8-14(13(17)9-12)22(2,20)21/h7-9,11H,3-6,18H2,1-2H3/b16-15+. The van der Waals surface area contributed by atoms with Crippen molar-refractivity contribution in [2.45, 2.75) is 37.5 Å². The molecule has 1 saturated carbocycles. The van der Waals surface area contributed by atoms with E-state index in [9.17, 15) is 13.2 Å². The van der Waals surface area contributed by atoms with Crippen molar-refractivity contribution in [2.24, 2.45) is 11.7 Å². The first-order valence-electron chi connectivity index (χ1n) is 7.22. The first-order chi connectivity index (χ1) is 10.2. The van der Waals surface area contributed by atoms with Gasteiger partial charge in [0.25, 0.3) is 0 Å². The molecule has 22 heavy (non-hydrogen) atoms. The predicted molar refractivity (Wildman–Crippen MR) is 88.3 cm³/mol. The number of nitrogens with two attached hydrogens (primary N) is 1. The lowest BCUT2D eigenvalue weighted by atomic mass is 9.93. The Labute approximate surface area is 136 Å². The molecule has 0 atom stereocenters. The quantitative estimate of drug-likeness (QED) is 0.853. The Bertz CT molecular complexity index is 732. The fourth-order valence-electron chi connectivity index (χ4n) is 2.97. The maximum absolute atomic E-state index is 12.0. The zero-order chi connectivity index (χ0) is 16.5. The van der Waals surface area contributed by atoms with Gasteiger partial charge in [-0.25, -0.2) is 8.42 Å². The molecule has 1 aliphatic rings. The van der Waals surface area contributed by atoms with Crippen LogP contribution in [0.2, 0.25) is 5.02 Å². The summed E-state index contributed by atoms with van der Waals surface area (Å²) < 4.78 is 23.2. The smallest absolute Gasteiger partial charge is 0.176 e. The van der Waals surface area contributed by atoms with Crippen LogP contribution in [0.1, 0.15) is 38.2 Å². The second-order valence-electron chi connectivity index (χ2n) is 5.79. The third-order valence-electron chi connectivity index (χ3n) is 4.06. The molecule has 0 aromatic heterocycles. The molecule has 1 aromatic carbocycles. The molecule has 0 spiro atoms. The molecule has 2 N–H and O–H groups in total. The Kier molecular flexibility index (Phi) is 4.97. The molecule has 4 nitrogen and oxygen atoms in total. The number of carbonyl (C=O) groups excluding carboxylic acids is 1. The van der Waals surface area contributed by atoms with Gasteiger partial charge in [-0.3, -0.25) is 4.79 Å². The first kappa shape index (κ1) is 17.0. The average molecular weight is 342 g/mol. The van der Waals surface area contributed by atoms with E-state index in [0.29, 0.717) is 16.8 Å². The summed E-state index contributed by atoms with van der Waals surface area (Å²) in [5, 5.41) is 0.109. The molecule has 0 unspecified atom stereocenters. The SMILES string of the molecule is CC(=O)/C(=C(\N)C1CCCC1)c1ccc(S(C)(=O)=O)c(Cl)c1. The van der Waals surface area contributed by atoms with Crippen LogP contribution in [0.25, 0.3) is 5.57 Å². The highest BCUT2D eigenvalue weighted by Crippen LogP contribution is 2.34. The minimum atomic E-state index is -3.40. The lowest BCUT2D eigenvalue weighted by molar-refractivity contribution is -0.111. The van der Waals surface area contributed by atoms with Crippen LogP contribution in [0.15, 0.2) is 28.8 Å². The number of Topliss-reactive ketones (excluding diaryl/α,β-unsaturated/α-hetero) is 1. The van der Waals surface area contributed by atoms with Crippen LogP contribution < -0.4 is 5.73 Å². The molecule has 0 amide bonds. The van der Waals surface area contributed by atoms with Gasteiger partial charge in [-0.15, -0.1) is 0 Å². The number of benzene rings is 1. The number of hydrogen-bond acceptors (Lipinski definition) is 4. The summed E-state index contributed by atoms with van der Waals surface area (Å²) in [7, 11) is -3.40. The van der Waals surface area contributed by atoms with E-state index in [1.165, 1.54) is 19.1 Å². The van der Waals surface area contributed by atoms with Gasteiger partial charge in [0.05, 0.1) is 9.92 Å². The molecule has 0 radical (unpaired) electrons. The molecule has 6 heteroatoms. The van der Waals surface area contributed by atoms with Crippen LogP contribution in [0.3, 0.4) is 0 Å². The van der Waals surface area contributed by atoms with Crippen LogP contribution in [-0.2, 0) is 14.6 Å². The van der Waals surface area contributed by atoms with E-state index in [2.05, 4.69) is 0 Å². The molecule has 120 valence electrons. The van der Waals surface area contributed by atoms with Gasteiger partial charge < -0.3 is 5.73 Å². The maximum atomic E-state index is 12.0. The van der Waals surface area contributed by atoms with Gasteiger partial charge in [-0.2, -0.15) is 0 Å². The molecular formula is C16H20ClNO3S. The lowest BCUT2D eigenvalue weighted by Crippen LogP contribution is -2.15. The third-order valence-corrected chi connectivity index (χ3v) is 5.64. The van der Waals surface area contributed by atoms with Gasteiger partial charge in [0.15, 0.2) is 15.6 Å². The monoisotopic (exact) mass is 341 g/mol. The van der Waals surface area contributed by atoms with Crippen LogP contribution >= 0.6 is 11.6 Å². The van der Waals surface area contributed by atoms with Crippen LogP contribution in [-0.4, -0.2) is 20.5 Å². The highest BCUT2D eigenvalue weighted by atomic mass is 35.5. The van der Waals surface area contributed by atoms with Gasteiger partial charge in [0.2, 0.25) is 0 Å². The summed E-state index contributed by atoms with van der Waals surface area (Å²) >= 11 is 6.07.